The second-order valence-electron chi connectivity index (χ2n) is 6.54. The summed E-state index contributed by atoms with van der Waals surface area (Å²) in [7, 11) is 0. The van der Waals surface area contributed by atoms with E-state index in [1.165, 1.54) is 44.7 Å². The quantitative estimate of drug-likeness (QED) is 0.653. The second kappa shape index (κ2) is 10.8. The minimum Gasteiger partial charge on any atom is -0.350 e. The molecule has 138 valence electrons. The van der Waals surface area contributed by atoms with Crippen LogP contribution in [0.1, 0.15) is 49.5 Å². The number of carbonyl (C=O) groups excluding carboxylic acids is 2. The lowest BCUT2D eigenvalue weighted by Crippen LogP contribution is -3.13. The van der Waals surface area contributed by atoms with E-state index in [9.17, 15) is 9.59 Å². The van der Waals surface area contributed by atoms with E-state index in [1.807, 2.05) is 6.92 Å². The number of carbonyl (C=O) groups is 2. The molecule has 0 aliphatic carbocycles. The summed E-state index contributed by atoms with van der Waals surface area (Å²) in [5, 5.41) is 2.98. The molecule has 1 aromatic rings. The smallest absolute Gasteiger partial charge is 0.274 e. The van der Waals surface area contributed by atoms with Crippen molar-refractivity contribution in [2.75, 3.05) is 39.3 Å². The van der Waals surface area contributed by atoms with Crippen molar-refractivity contribution in [3.63, 3.8) is 0 Å². The molecule has 0 saturated carbocycles. The Kier molecular flexibility index (Phi) is 8.31. The van der Waals surface area contributed by atoms with Crippen molar-refractivity contribution in [1.29, 1.82) is 0 Å². The van der Waals surface area contributed by atoms with E-state index in [0.29, 0.717) is 31.7 Å². The summed E-state index contributed by atoms with van der Waals surface area (Å²) in [5.41, 5.74) is 0.324. The average molecular weight is 348 g/mol. The molecule has 2 N–H and O–H groups in total. The Bertz CT molecular complexity index is 532. The third kappa shape index (κ3) is 6.78. The highest BCUT2D eigenvalue weighted by molar-refractivity contribution is 5.92. The molecule has 0 bridgehead atoms. The molecule has 7 heteroatoms. The standard InChI is InChI=1S/C18H29N5O2/c1-2-10-23(18(25)16-15-19-7-8-20-16)13-6-17(24)21-9-14-22-11-4-3-5-12-22/h7-8,15H,2-6,9-14H2,1H3,(H,21,24)/p+1. The largest absolute Gasteiger partial charge is 0.350 e. The first-order chi connectivity index (χ1) is 12.2. The third-order valence-electron chi connectivity index (χ3n) is 4.53. The van der Waals surface area contributed by atoms with E-state index in [1.54, 1.807) is 16.0 Å². The Balaban J connectivity index is 1.72. The lowest BCUT2D eigenvalue weighted by Gasteiger charge is -2.24. The van der Waals surface area contributed by atoms with Crippen molar-refractivity contribution in [2.45, 2.75) is 39.0 Å². The molecule has 7 nitrogen and oxygen atoms in total. The molecule has 0 aromatic carbocycles. The molecule has 0 atom stereocenters. The Morgan fingerprint density at radius 3 is 2.68 bits per heavy atom. The van der Waals surface area contributed by atoms with Crippen molar-refractivity contribution < 1.29 is 14.5 Å². The summed E-state index contributed by atoms with van der Waals surface area (Å²) in [5.74, 6) is -0.162. The third-order valence-corrected chi connectivity index (χ3v) is 4.53. The summed E-state index contributed by atoms with van der Waals surface area (Å²) in [6.45, 7) is 7.16. The zero-order valence-electron chi connectivity index (χ0n) is 15.2. The van der Waals surface area contributed by atoms with Gasteiger partial charge in [-0.15, -0.1) is 0 Å². The van der Waals surface area contributed by atoms with Gasteiger partial charge in [-0.1, -0.05) is 6.92 Å². The fourth-order valence-electron chi connectivity index (χ4n) is 3.16. The van der Waals surface area contributed by atoms with Crippen LogP contribution in [0.3, 0.4) is 0 Å². The van der Waals surface area contributed by atoms with Gasteiger partial charge in [0.15, 0.2) is 0 Å². The number of rotatable bonds is 9. The van der Waals surface area contributed by atoms with Crippen molar-refractivity contribution in [1.82, 2.24) is 20.2 Å². The number of nitrogens with zero attached hydrogens (tertiary/aromatic N) is 3. The molecule has 25 heavy (non-hydrogen) atoms. The van der Waals surface area contributed by atoms with E-state index in [0.717, 1.165) is 13.0 Å². The van der Waals surface area contributed by atoms with Crippen molar-refractivity contribution in [3.8, 4) is 0 Å². The number of likely N-dealkylation sites (tertiary alicyclic amines) is 1. The highest BCUT2D eigenvalue weighted by Crippen LogP contribution is 2.03. The van der Waals surface area contributed by atoms with Crippen LogP contribution in [-0.2, 0) is 4.79 Å². The molecule has 2 amide bonds. The molecular formula is C18H30N5O2+. The molecule has 1 aromatic heterocycles. The molecule has 2 rings (SSSR count). The average Bonchev–Trinajstić information content (AvgIpc) is 2.66. The SMILES string of the molecule is CCCN(CCC(=O)NCC[NH+]1CCCCC1)C(=O)c1cnccn1. The number of nitrogens with one attached hydrogen (secondary N) is 2. The topological polar surface area (TPSA) is 79.6 Å². The fourth-order valence-corrected chi connectivity index (χ4v) is 3.16. The molecule has 1 aliphatic rings. The van der Waals surface area contributed by atoms with Gasteiger partial charge in [-0.3, -0.25) is 14.6 Å². The van der Waals surface area contributed by atoms with Crippen LogP contribution in [-0.4, -0.2) is 66.0 Å². The van der Waals surface area contributed by atoms with Crippen LogP contribution in [0.15, 0.2) is 18.6 Å². The van der Waals surface area contributed by atoms with Gasteiger partial charge in [0.05, 0.1) is 32.4 Å². The Hall–Kier alpha value is -2.02. The number of aromatic nitrogens is 2. The highest BCUT2D eigenvalue weighted by atomic mass is 16.2. The maximum absolute atomic E-state index is 12.5. The zero-order chi connectivity index (χ0) is 17.9. The summed E-state index contributed by atoms with van der Waals surface area (Å²) >= 11 is 0. The summed E-state index contributed by atoms with van der Waals surface area (Å²) in [6.07, 6.45) is 9.59. The number of quaternary nitrogens is 1. The second-order valence-corrected chi connectivity index (χ2v) is 6.54. The lowest BCUT2D eigenvalue weighted by molar-refractivity contribution is -0.903. The monoisotopic (exact) mass is 348 g/mol. The molecule has 1 saturated heterocycles. The fraction of sp³-hybridized carbons (Fsp3) is 0.667. The zero-order valence-corrected chi connectivity index (χ0v) is 15.2. The van der Waals surface area contributed by atoms with Crippen LogP contribution < -0.4 is 10.2 Å². The van der Waals surface area contributed by atoms with Crippen LogP contribution in [0.2, 0.25) is 0 Å². The molecule has 1 fully saturated rings. The van der Waals surface area contributed by atoms with Crippen molar-refractivity contribution in [2.24, 2.45) is 0 Å². The number of hydrogen-bond donors (Lipinski definition) is 2. The predicted molar refractivity (Wildman–Crippen MR) is 95.3 cm³/mol. The molecular weight excluding hydrogens is 318 g/mol. The number of amides is 2. The maximum atomic E-state index is 12.5. The van der Waals surface area contributed by atoms with E-state index in [4.69, 9.17) is 0 Å². The summed E-state index contributed by atoms with van der Waals surface area (Å²) in [4.78, 5) is 35.8. The van der Waals surface area contributed by atoms with Gasteiger partial charge in [0, 0.05) is 31.9 Å². The van der Waals surface area contributed by atoms with Gasteiger partial charge in [0.1, 0.15) is 5.69 Å². The van der Waals surface area contributed by atoms with Crippen molar-refractivity contribution >= 4 is 11.8 Å². The Morgan fingerprint density at radius 1 is 1.20 bits per heavy atom. The Labute approximate surface area is 149 Å². The first-order valence-electron chi connectivity index (χ1n) is 9.36. The first kappa shape index (κ1) is 19.3. The summed E-state index contributed by atoms with van der Waals surface area (Å²) < 4.78 is 0. The normalized spacial score (nSPS) is 14.9. The van der Waals surface area contributed by atoms with E-state index >= 15 is 0 Å². The lowest BCUT2D eigenvalue weighted by atomic mass is 10.1. The van der Waals surface area contributed by atoms with Gasteiger partial charge >= 0.3 is 0 Å². The predicted octanol–water partition coefficient (Wildman–Crippen LogP) is -0.0961. The van der Waals surface area contributed by atoms with E-state index in [-0.39, 0.29) is 11.8 Å². The van der Waals surface area contributed by atoms with Gasteiger partial charge in [-0.2, -0.15) is 0 Å². The maximum Gasteiger partial charge on any atom is 0.274 e. The van der Waals surface area contributed by atoms with Gasteiger partial charge in [0.25, 0.3) is 5.91 Å². The molecule has 2 heterocycles. The number of piperidine rings is 1. The minimum absolute atomic E-state index is 0.00413. The molecule has 0 unspecified atom stereocenters. The molecule has 1 aliphatic heterocycles. The minimum atomic E-state index is -0.166. The van der Waals surface area contributed by atoms with Gasteiger partial charge < -0.3 is 15.1 Å². The van der Waals surface area contributed by atoms with Crippen LogP contribution in [0, 0.1) is 0 Å². The molecule has 0 spiro atoms. The Morgan fingerprint density at radius 2 is 2.00 bits per heavy atom. The van der Waals surface area contributed by atoms with E-state index < -0.39 is 0 Å². The van der Waals surface area contributed by atoms with Gasteiger partial charge in [-0.05, 0) is 25.7 Å². The molecule has 0 radical (unpaired) electrons. The van der Waals surface area contributed by atoms with Crippen LogP contribution in [0.5, 0.6) is 0 Å². The van der Waals surface area contributed by atoms with Gasteiger partial charge in [-0.25, -0.2) is 4.98 Å². The summed E-state index contributed by atoms with van der Waals surface area (Å²) in [6, 6.07) is 0. The van der Waals surface area contributed by atoms with Crippen LogP contribution >= 0.6 is 0 Å². The van der Waals surface area contributed by atoms with Crippen LogP contribution in [0.4, 0.5) is 0 Å². The first-order valence-corrected chi connectivity index (χ1v) is 9.36. The van der Waals surface area contributed by atoms with Crippen molar-refractivity contribution in [3.05, 3.63) is 24.3 Å². The van der Waals surface area contributed by atoms with E-state index in [2.05, 4.69) is 15.3 Å². The van der Waals surface area contributed by atoms with Crippen LogP contribution in [0.25, 0.3) is 0 Å². The van der Waals surface area contributed by atoms with Gasteiger partial charge in [0.2, 0.25) is 5.91 Å². The number of hydrogen-bond acceptors (Lipinski definition) is 4. The highest BCUT2D eigenvalue weighted by Gasteiger charge is 2.18.